The molecule has 0 fully saturated rings. The van der Waals surface area contributed by atoms with Gasteiger partial charge in [-0.15, -0.1) is 11.8 Å². The van der Waals surface area contributed by atoms with Gasteiger partial charge in [0, 0.05) is 16.1 Å². The van der Waals surface area contributed by atoms with E-state index in [1.54, 1.807) is 12.1 Å². The molecule has 0 radical (unpaired) electrons. The molecule has 1 aliphatic heterocycles. The van der Waals surface area contributed by atoms with Crippen LogP contribution in [0.3, 0.4) is 0 Å². The monoisotopic (exact) mass is 526 g/mol. The van der Waals surface area contributed by atoms with Crippen LogP contribution < -0.4 is 0 Å². The summed E-state index contributed by atoms with van der Waals surface area (Å²) in [5, 5.41) is 29.4. The van der Waals surface area contributed by atoms with Crippen molar-refractivity contribution in [3.8, 4) is 11.5 Å². The minimum absolute atomic E-state index is 0.0364. The number of hydrogen-bond donors (Lipinski definition) is 3. The Morgan fingerprint density at radius 1 is 0.892 bits per heavy atom. The molecule has 3 N–H and O–H groups in total. The standard InChI is InChI=1S/C32H46O4S/c1-3-4-5-10-13-24(31(35)36)14-11-8-6-7-9-12-15-29-28-21-20-27(34)22-30(28)37-23-32(29,2)25-16-18-26(33)19-17-25/h16-22,24,29,33-34H,3-15,23H2,1-2H3,(H,35,36). The third-order valence-electron chi connectivity index (χ3n) is 8.25. The number of unbranched alkanes of at least 4 members (excludes halogenated alkanes) is 8. The number of fused-ring (bicyclic) bond motifs is 1. The van der Waals surface area contributed by atoms with Crippen molar-refractivity contribution < 1.29 is 20.1 Å². The number of phenols is 2. The molecule has 0 aromatic heterocycles. The summed E-state index contributed by atoms with van der Waals surface area (Å²) in [7, 11) is 0. The number of hydrogen-bond acceptors (Lipinski definition) is 4. The van der Waals surface area contributed by atoms with Crippen molar-refractivity contribution in [1.29, 1.82) is 0 Å². The molecule has 0 spiro atoms. The van der Waals surface area contributed by atoms with E-state index >= 15 is 0 Å². The summed E-state index contributed by atoms with van der Waals surface area (Å²) >= 11 is 1.81. The first-order valence-corrected chi connectivity index (χ1v) is 15.3. The molecule has 3 rings (SSSR count). The number of aromatic hydroxyl groups is 2. The van der Waals surface area contributed by atoms with Gasteiger partial charge in [-0.25, -0.2) is 0 Å². The van der Waals surface area contributed by atoms with E-state index < -0.39 is 5.97 Å². The molecule has 2 aromatic rings. The number of thioether (sulfide) groups is 1. The molecule has 5 heteroatoms. The Labute approximate surface area is 227 Å². The van der Waals surface area contributed by atoms with Crippen LogP contribution >= 0.6 is 11.8 Å². The molecular weight excluding hydrogens is 480 g/mol. The number of aliphatic carboxylic acids is 1. The average molecular weight is 527 g/mol. The number of phenolic OH excluding ortho intramolecular Hbond substituents is 2. The molecule has 2 aromatic carbocycles. The SMILES string of the molecule is CCCCCCC(CCCCCCCCC1c2ccc(O)cc2SCC1(C)c1ccc(O)cc1)C(=O)O. The van der Waals surface area contributed by atoms with Crippen LogP contribution in [0.25, 0.3) is 0 Å². The molecule has 0 bridgehead atoms. The number of carbonyl (C=O) groups is 1. The van der Waals surface area contributed by atoms with Crippen LogP contribution in [0.4, 0.5) is 0 Å². The minimum Gasteiger partial charge on any atom is -0.508 e. The summed E-state index contributed by atoms with van der Waals surface area (Å²) in [4.78, 5) is 12.8. The van der Waals surface area contributed by atoms with Gasteiger partial charge in [-0.05, 0) is 60.6 Å². The van der Waals surface area contributed by atoms with Crippen LogP contribution in [0.2, 0.25) is 0 Å². The van der Waals surface area contributed by atoms with Gasteiger partial charge in [-0.1, -0.05) is 96.3 Å². The summed E-state index contributed by atoms with van der Waals surface area (Å²) < 4.78 is 0. The van der Waals surface area contributed by atoms with Crippen molar-refractivity contribution >= 4 is 17.7 Å². The van der Waals surface area contributed by atoms with Gasteiger partial charge < -0.3 is 15.3 Å². The predicted octanol–water partition coefficient (Wildman–Crippen LogP) is 9.04. The maximum Gasteiger partial charge on any atom is 0.306 e. The van der Waals surface area contributed by atoms with Gasteiger partial charge in [0.05, 0.1) is 5.92 Å². The molecular formula is C32H46O4S. The largest absolute Gasteiger partial charge is 0.508 e. The fourth-order valence-electron chi connectivity index (χ4n) is 5.86. The Morgan fingerprint density at radius 2 is 1.49 bits per heavy atom. The third-order valence-corrected chi connectivity index (χ3v) is 9.66. The summed E-state index contributed by atoms with van der Waals surface area (Å²) in [6.07, 6.45) is 14.1. The first kappa shape index (κ1) is 29.4. The van der Waals surface area contributed by atoms with Gasteiger partial charge in [-0.2, -0.15) is 0 Å². The number of carboxylic acids is 1. The van der Waals surface area contributed by atoms with Gasteiger partial charge in [0.2, 0.25) is 0 Å². The highest BCUT2D eigenvalue weighted by atomic mass is 32.2. The van der Waals surface area contributed by atoms with Crippen LogP contribution in [0.15, 0.2) is 47.4 Å². The van der Waals surface area contributed by atoms with E-state index in [0.29, 0.717) is 17.4 Å². The van der Waals surface area contributed by atoms with E-state index in [4.69, 9.17) is 0 Å². The van der Waals surface area contributed by atoms with E-state index in [1.165, 1.54) is 48.1 Å². The van der Waals surface area contributed by atoms with Crippen LogP contribution in [-0.4, -0.2) is 27.0 Å². The van der Waals surface area contributed by atoms with Crippen molar-refractivity contribution in [1.82, 2.24) is 0 Å². The van der Waals surface area contributed by atoms with E-state index in [-0.39, 0.29) is 11.3 Å². The third kappa shape index (κ3) is 8.43. The van der Waals surface area contributed by atoms with Crippen LogP contribution in [0, 0.1) is 5.92 Å². The van der Waals surface area contributed by atoms with Crippen molar-refractivity contribution in [3.63, 3.8) is 0 Å². The van der Waals surface area contributed by atoms with Crippen molar-refractivity contribution in [2.45, 2.75) is 114 Å². The van der Waals surface area contributed by atoms with Crippen LogP contribution in [0.5, 0.6) is 11.5 Å². The zero-order valence-corrected chi connectivity index (χ0v) is 23.6. The maximum absolute atomic E-state index is 11.6. The quantitative estimate of drug-likeness (QED) is 0.190. The highest BCUT2D eigenvalue weighted by Gasteiger charge is 2.41. The zero-order valence-electron chi connectivity index (χ0n) is 22.8. The minimum atomic E-state index is -0.618. The zero-order chi connectivity index (χ0) is 26.7. The van der Waals surface area contributed by atoms with Crippen LogP contribution in [-0.2, 0) is 10.2 Å². The van der Waals surface area contributed by atoms with E-state index in [0.717, 1.165) is 57.1 Å². The van der Waals surface area contributed by atoms with Gasteiger partial charge in [0.1, 0.15) is 11.5 Å². The molecule has 3 unspecified atom stereocenters. The molecule has 3 atom stereocenters. The summed E-state index contributed by atoms with van der Waals surface area (Å²) in [6.45, 7) is 4.52. The molecule has 4 nitrogen and oxygen atoms in total. The van der Waals surface area contributed by atoms with E-state index in [2.05, 4.69) is 32.0 Å². The molecule has 204 valence electrons. The Morgan fingerprint density at radius 3 is 2.14 bits per heavy atom. The van der Waals surface area contributed by atoms with Crippen LogP contribution in [0.1, 0.15) is 114 Å². The van der Waals surface area contributed by atoms with Gasteiger partial charge in [-0.3, -0.25) is 4.79 Å². The first-order valence-electron chi connectivity index (χ1n) is 14.3. The lowest BCUT2D eigenvalue weighted by Crippen LogP contribution is -2.36. The molecule has 1 heterocycles. The molecule has 1 aliphatic rings. The van der Waals surface area contributed by atoms with Crippen molar-refractivity contribution in [3.05, 3.63) is 53.6 Å². The Bertz CT molecular complexity index is 973. The number of carboxylic acid groups (broad SMARTS) is 1. The smallest absolute Gasteiger partial charge is 0.306 e. The maximum atomic E-state index is 11.6. The summed E-state index contributed by atoms with van der Waals surface area (Å²) in [5.41, 5.74) is 2.54. The van der Waals surface area contributed by atoms with Gasteiger partial charge in [0.15, 0.2) is 0 Å². The molecule has 0 amide bonds. The predicted molar refractivity (Wildman–Crippen MR) is 154 cm³/mol. The lowest BCUT2D eigenvalue weighted by atomic mass is 9.68. The topological polar surface area (TPSA) is 77.8 Å². The number of rotatable bonds is 16. The van der Waals surface area contributed by atoms with Crippen molar-refractivity contribution in [2.24, 2.45) is 5.92 Å². The second-order valence-electron chi connectivity index (χ2n) is 11.1. The molecule has 0 saturated carbocycles. The lowest BCUT2D eigenvalue weighted by Gasteiger charge is -2.43. The molecule has 0 saturated heterocycles. The fraction of sp³-hybridized carbons (Fsp3) is 0.594. The molecule has 37 heavy (non-hydrogen) atoms. The lowest BCUT2D eigenvalue weighted by molar-refractivity contribution is -0.142. The number of benzene rings is 2. The van der Waals surface area contributed by atoms with E-state index in [1.807, 2.05) is 23.9 Å². The van der Waals surface area contributed by atoms with Crippen molar-refractivity contribution in [2.75, 3.05) is 5.75 Å². The van der Waals surface area contributed by atoms with Gasteiger partial charge in [0.25, 0.3) is 0 Å². The highest BCUT2D eigenvalue weighted by molar-refractivity contribution is 7.99. The van der Waals surface area contributed by atoms with Gasteiger partial charge >= 0.3 is 5.97 Å². The Hall–Kier alpha value is -2.14. The fourth-order valence-corrected chi connectivity index (χ4v) is 7.27. The Kier molecular flexibility index (Phi) is 11.7. The average Bonchev–Trinajstić information content (AvgIpc) is 2.88. The first-order chi connectivity index (χ1) is 17.8. The molecule has 0 aliphatic carbocycles. The second kappa shape index (κ2) is 14.7. The normalized spacial score (nSPS) is 19.9. The second-order valence-corrected chi connectivity index (χ2v) is 12.1. The Balaban J connectivity index is 1.48. The highest BCUT2D eigenvalue weighted by Crippen LogP contribution is 2.52. The van der Waals surface area contributed by atoms with E-state index in [9.17, 15) is 20.1 Å². The summed E-state index contributed by atoms with van der Waals surface area (Å²) in [5.74, 6) is 1.14. The summed E-state index contributed by atoms with van der Waals surface area (Å²) in [6, 6.07) is 13.5.